The maximum atomic E-state index is 6.69. The number of nitrogens with two attached hydrogens (primary N) is 1. The molecule has 4 rings (SSSR count). The van der Waals surface area contributed by atoms with E-state index in [4.69, 9.17) is 10.7 Å². The van der Waals surface area contributed by atoms with Crippen LogP contribution in [0.1, 0.15) is 48.1 Å². The van der Waals surface area contributed by atoms with Gasteiger partial charge in [0.1, 0.15) is 5.01 Å². The highest BCUT2D eigenvalue weighted by Gasteiger charge is 2.37. The van der Waals surface area contributed by atoms with Crippen molar-refractivity contribution in [3.8, 4) is 11.3 Å². The first-order valence-electron chi connectivity index (χ1n) is 7.64. The van der Waals surface area contributed by atoms with Crippen LogP contribution in [0.25, 0.3) is 11.3 Å². The van der Waals surface area contributed by atoms with Gasteiger partial charge in [-0.15, -0.1) is 11.3 Å². The Labute approximate surface area is 137 Å². The Morgan fingerprint density at radius 3 is 2.86 bits per heavy atom. The van der Waals surface area contributed by atoms with Gasteiger partial charge in [-0.2, -0.15) is 0 Å². The fourth-order valence-electron chi connectivity index (χ4n) is 3.51. The van der Waals surface area contributed by atoms with Gasteiger partial charge in [-0.3, -0.25) is 0 Å². The van der Waals surface area contributed by atoms with Crippen LogP contribution in [0.5, 0.6) is 0 Å². The van der Waals surface area contributed by atoms with Crippen molar-refractivity contribution in [2.75, 3.05) is 0 Å². The molecule has 2 aliphatic rings. The lowest BCUT2D eigenvalue weighted by Crippen LogP contribution is -2.40. The number of hydrogen-bond acceptors (Lipinski definition) is 3. The summed E-state index contributed by atoms with van der Waals surface area (Å²) in [7, 11) is 0. The molecule has 21 heavy (non-hydrogen) atoms. The minimum atomic E-state index is -0.187. The molecule has 2 aromatic rings. The second kappa shape index (κ2) is 4.90. The van der Waals surface area contributed by atoms with Crippen LogP contribution in [-0.2, 0) is 12.0 Å². The zero-order valence-electron chi connectivity index (χ0n) is 12.2. The summed E-state index contributed by atoms with van der Waals surface area (Å²) in [4.78, 5) is 6.35. The number of benzene rings is 1. The molecule has 0 bridgehead atoms. The van der Waals surface area contributed by atoms with Crippen LogP contribution in [0, 0.1) is 5.92 Å². The summed E-state index contributed by atoms with van der Waals surface area (Å²) >= 11 is 5.49. The number of thiazole rings is 1. The summed E-state index contributed by atoms with van der Waals surface area (Å²) in [6, 6.07) is 6.39. The van der Waals surface area contributed by atoms with E-state index in [0.717, 1.165) is 30.2 Å². The van der Waals surface area contributed by atoms with Gasteiger partial charge in [-0.25, -0.2) is 4.98 Å². The zero-order valence-corrected chi connectivity index (χ0v) is 14.6. The van der Waals surface area contributed by atoms with E-state index >= 15 is 0 Å². The highest BCUT2D eigenvalue weighted by molar-refractivity contribution is 9.10. The second-order valence-electron chi connectivity index (χ2n) is 6.57. The molecule has 0 unspecified atom stereocenters. The van der Waals surface area contributed by atoms with Gasteiger partial charge in [0.05, 0.1) is 11.2 Å². The van der Waals surface area contributed by atoms with E-state index in [1.807, 2.05) is 11.3 Å². The highest BCUT2D eigenvalue weighted by atomic mass is 79.9. The average molecular weight is 363 g/mol. The lowest BCUT2D eigenvalue weighted by atomic mass is 9.78. The Bertz CT molecular complexity index is 699. The minimum absolute atomic E-state index is 0.187. The summed E-state index contributed by atoms with van der Waals surface area (Å²) in [5.41, 5.74) is 10.3. The van der Waals surface area contributed by atoms with Crippen molar-refractivity contribution in [1.29, 1.82) is 0 Å². The first-order valence-corrected chi connectivity index (χ1v) is 9.24. The summed E-state index contributed by atoms with van der Waals surface area (Å²) in [6.07, 6.45) is 5.60. The Balaban J connectivity index is 1.72. The summed E-state index contributed by atoms with van der Waals surface area (Å²) < 4.78 is 1.20. The van der Waals surface area contributed by atoms with E-state index in [9.17, 15) is 0 Å². The minimum Gasteiger partial charge on any atom is -0.319 e. The van der Waals surface area contributed by atoms with E-state index < -0.39 is 0 Å². The van der Waals surface area contributed by atoms with Gasteiger partial charge in [0, 0.05) is 21.3 Å². The molecule has 2 N–H and O–H groups in total. The first-order chi connectivity index (χ1) is 10.1. The highest BCUT2D eigenvalue weighted by Crippen LogP contribution is 2.46. The topological polar surface area (TPSA) is 38.9 Å². The van der Waals surface area contributed by atoms with Crippen LogP contribution in [0.3, 0.4) is 0 Å². The maximum Gasteiger partial charge on any atom is 0.113 e. The van der Waals surface area contributed by atoms with Crippen molar-refractivity contribution < 1.29 is 0 Å². The number of nitrogens with zero attached hydrogens (tertiary/aromatic N) is 1. The number of fused-ring (bicyclic) bond motifs is 3. The number of aromatic nitrogens is 1. The molecule has 1 saturated carbocycles. The molecule has 0 amide bonds. The molecule has 1 fully saturated rings. The molecule has 110 valence electrons. The molecular formula is C17H19BrN2S. The summed E-state index contributed by atoms with van der Waals surface area (Å²) in [5, 5.41) is 1.16. The van der Waals surface area contributed by atoms with E-state index in [-0.39, 0.29) is 5.54 Å². The van der Waals surface area contributed by atoms with Crippen molar-refractivity contribution in [2.45, 2.75) is 44.6 Å². The summed E-state index contributed by atoms with van der Waals surface area (Å²) in [5.74, 6) is 0.810. The molecule has 2 aliphatic carbocycles. The molecule has 2 nitrogen and oxygen atoms in total. The van der Waals surface area contributed by atoms with Gasteiger partial charge in [0.15, 0.2) is 0 Å². The largest absolute Gasteiger partial charge is 0.319 e. The maximum absolute atomic E-state index is 6.69. The standard InChI is InChI=1S/C17H19BrN2S/c1-10-5-7-17(19,8-6-10)16-20-15-11-3-2-4-13(18)12(11)9-14(15)21-16/h2-4,10H,5-9,19H2,1H3. The molecule has 0 radical (unpaired) electrons. The molecule has 0 spiro atoms. The van der Waals surface area contributed by atoms with Gasteiger partial charge in [-0.1, -0.05) is 35.0 Å². The van der Waals surface area contributed by atoms with Crippen molar-refractivity contribution in [2.24, 2.45) is 11.7 Å². The van der Waals surface area contributed by atoms with Gasteiger partial charge in [-0.05, 0) is 43.2 Å². The molecular weight excluding hydrogens is 344 g/mol. The van der Waals surface area contributed by atoms with Crippen molar-refractivity contribution in [3.05, 3.63) is 38.1 Å². The summed E-state index contributed by atoms with van der Waals surface area (Å²) in [6.45, 7) is 2.33. The van der Waals surface area contributed by atoms with Crippen molar-refractivity contribution >= 4 is 27.3 Å². The van der Waals surface area contributed by atoms with Gasteiger partial charge >= 0.3 is 0 Å². The lowest BCUT2D eigenvalue weighted by molar-refractivity contribution is 0.247. The second-order valence-corrected chi connectivity index (χ2v) is 8.51. The zero-order chi connectivity index (χ0) is 14.6. The van der Waals surface area contributed by atoms with E-state index in [0.29, 0.717) is 0 Å². The van der Waals surface area contributed by atoms with Crippen LogP contribution >= 0.6 is 27.3 Å². The van der Waals surface area contributed by atoms with Gasteiger partial charge < -0.3 is 5.73 Å². The lowest BCUT2D eigenvalue weighted by Gasteiger charge is -2.34. The molecule has 0 aliphatic heterocycles. The van der Waals surface area contributed by atoms with E-state index in [1.54, 1.807) is 0 Å². The molecule has 0 atom stereocenters. The smallest absolute Gasteiger partial charge is 0.113 e. The SMILES string of the molecule is CC1CCC(N)(c2nc3c(s2)Cc2c(Br)cccc2-3)CC1. The Kier molecular flexibility index (Phi) is 3.25. The monoisotopic (exact) mass is 362 g/mol. The van der Waals surface area contributed by atoms with Gasteiger partial charge in [0.25, 0.3) is 0 Å². The predicted molar refractivity (Wildman–Crippen MR) is 91.6 cm³/mol. The molecule has 1 aromatic heterocycles. The number of hydrogen-bond donors (Lipinski definition) is 1. The fraction of sp³-hybridized carbons (Fsp3) is 0.471. The molecule has 1 heterocycles. The van der Waals surface area contributed by atoms with Crippen LogP contribution in [0.4, 0.5) is 0 Å². The first kappa shape index (κ1) is 13.9. The Morgan fingerprint density at radius 2 is 2.10 bits per heavy atom. The van der Waals surface area contributed by atoms with Crippen LogP contribution in [0.15, 0.2) is 22.7 Å². The van der Waals surface area contributed by atoms with Crippen molar-refractivity contribution in [3.63, 3.8) is 0 Å². The Hall–Kier alpha value is -0.710. The third-order valence-electron chi connectivity index (χ3n) is 5.00. The molecule has 1 aromatic carbocycles. The van der Waals surface area contributed by atoms with Gasteiger partial charge in [0.2, 0.25) is 0 Å². The average Bonchev–Trinajstić information content (AvgIpc) is 3.02. The van der Waals surface area contributed by atoms with Crippen LogP contribution < -0.4 is 5.73 Å². The number of halogens is 1. The van der Waals surface area contributed by atoms with E-state index in [1.165, 1.54) is 39.0 Å². The fourth-order valence-corrected chi connectivity index (χ4v) is 5.26. The number of rotatable bonds is 1. The van der Waals surface area contributed by atoms with Crippen LogP contribution in [0.2, 0.25) is 0 Å². The normalized spacial score (nSPS) is 27.5. The molecule has 4 heteroatoms. The predicted octanol–water partition coefficient (Wildman–Crippen LogP) is 4.84. The quantitative estimate of drug-likeness (QED) is 0.672. The van der Waals surface area contributed by atoms with Crippen LogP contribution in [-0.4, -0.2) is 4.98 Å². The van der Waals surface area contributed by atoms with E-state index in [2.05, 4.69) is 41.1 Å². The Morgan fingerprint density at radius 1 is 1.33 bits per heavy atom. The van der Waals surface area contributed by atoms with Crippen molar-refractivity contribution in [1.82, 2.24) is 4.98 Å². The molecule has 0 saturated heterocycles. The third-order valence-corrected chi connectivity index (χ3v) is 7.02. The third kappa shape index (κ3) is 2.19.